The summed E-state index contributed by atoms with van der Waals surface area (Å²) in [6.07, 6.45) is 1.87. The molecule has 0 aromatic heterocycles. The number of halogens is 1. The molecular weight excluding hydrogens is 330 g/mol. The Morgan fingerprint density at radius 3 is 2.58 bits per heavy atom. The number of benzene rings is 1. The van der Waals surface area contributed by atoms with Crippen LogP contribution in [0.2, 0.25) is 0 Å². The predicted molar refractivity (Wildman–Crippen MR) is 76.4 cm³/mol. The van der Waals surface area contributed by atoms with Crippen LogP contribution < -0.4 is 0 Å². The zero-order valence-electron chi connectivity index (χ0n) is 10.7. The number of hydrogen-bond acceptors (Lipinski definition) is 3. The van der Waals surface area contributed by atoms with E-state index < -0.39 is 10.0 Å². The highest BCUT2D eigenvalue weighted by Gasteiger charge is 2.35. The van der Waals surface area contributed by atoms with Gasteiger partial charge in [-0.2, -0.15) is 4.31 Å². The van der Waals surface area contributed by atoms with Crippen LogP contribution >= 0.6 is 15.9 Å². The smallest absolute Gasteiger partial charge is 0.243 e. The van der Waals surface area contributed by atoms with E-state index in [1.165, 1.54) is 11.2 Å². The van der Waals surface area contributed by atoms with Crippen molar-refractivity contribution in [3.8, 4) is 0 Å². The fourth-order valence-electron chi connectivity index (χ4n) is 2.40. The van der Waals surface area contributed by atoms with Crippen LogP contribution in [0.5, 0.6) is 0 Å². The molecule has 0 bridgehead atoms. The summed E-state index contributed by atoms with van der Waals surface area (Å²) in [6.45, 7) is 2.00. The quantitative estimate of drug-likeness (QED) is 0.842. The lowest BCUT2D eigenvalue weighted by molar-refractivity contribution is -0.117. The van der Waals surface area contributed by atoms with Gasteiger partial charge in [-0.15, -0.1) is 0 Å². The van der Waals surface area contributed by atoms with E-state index >= 15 is 0 Å². The van der Waals surface area contributed by atoms with Crippen molar-refractivity contribution in [1.82, 2.24) is 4.31 Å². The van der Waals surface area contributed by atoms with E-state index in [0.717, 1.165) is 17.3 Å². The van der Waals surface area contributed by atoms with Gasteiger partial charge in [0.05, 0.1) is 4.90 Å². The fourth-order valence-corrected chi connectivity index (χ4v) is 4.36. The molecule has 1 saturated heterocycles. The minimum atomic E-state index is -3.49. The summed E-state index contributed by atoms with van der Waals surface area (Å²) in [5, 5.41) is 0. The minimum absolute atomic E-state index is 0.0305. The van der Waals surface area contributed by atoms with Gasteiger partial charge in [0.25, 0.3) is 0 Å². The van der Waals surface area contributed by atoms with Crippen LogP contribution in [0, 0.1) is 0 Å². The first-order valence-electron chi connectivity index (χ1n) is 6.18. The summed E-state index contributed by atoms with van der Waals surface area (Å²) in [4.78, 5) is 11.5. The van der Waals surface area contributed by atoms with Gasteiger partial charge in [-0.1, -0.05) is 15.9 Å². The van der Waals surface area contributed by atoms with Crippen LogP contribution in [-0.2, 0) is 14.8 Å². The van der Waals surface area contributed by atoms with Gasteiger partial charge in [0.1, 0.15) is 5.78 Å². The van der Waals surface area contributed by atoms with Gasteiger partial charge in [-0.05, 0) is 44.0 Å². The molecule has 0 N–H and O–H groups in total. The van der Waals surface area contributed by atoms with E-state index in [4.69, 9.17) is 0 Å². The van der Waals surface area contributed by atoms with Crippen LogP contribution in [-0.4, -0.2) is 31.1 Å². The molecule has 0 saturated carbocycles. The molecule has 1 aliphatic heterocycles. The van der Waals surface area contributed by atoms with Crippen molar-refractivity contribution in [2.24, 2.45) is 0 Å². The summed E-state index contributed by atoms with van der Waals surface area (Å²) in [7, 11) is -3.49. The maximum atomic E-state index is 12.5. The molecule has 1 aliphatic rings. The summed E-state index contributed by atoms with van der Waals surface area (Å²) in [5.41, 5.74) is 0. The van der Waals surface area contributed by atoms with E-state index in [-0.39, 0.29) is 16.7 Å². The molecule has 1 aromatic rings. The number of carbonyl (C=O) groups excluding carboxylic acids is 1. The third kappa shape index (κ3) is 3.24. The SMILES string of the molecule is CC(=O)CC1CCCN1S(=O)(=O)c1ccc(Br)cc1. The molecule has 1 unspecified atom stereocenters. The first-order chi connectivity index (χ1) is 8.91. The summed E-state index contributed by atoms with van der Waals surface area (Å²) < 4.78 is 27.4. The van der Waals surface area contributed by atoms with Gasteiger partial charge in [0.2, 0.25) is 10.0 Å². The summed E-state index contributed by atoms with van der Waals surface area (Å²) in [6, 6.07) is 6.41. The normalized spacial score (nSPS) is 20.6. The number of ketones is 1. The Bertz CT molecular complexity index is 568. The Kier molecular flexibility index (Phi) is 4.43. The number of nitrogens with zero attached hydrogens (tertiary/aromatic N) is 1. The monoisotopic (exact) mass is 345 g/mol. The van der Waals surface area contributed by atoms with E-state index in [1.807, 2.05) is 0 Å². The van der Waals surface area contributed by atoms with E-state index in [9.17, 15) is 13.2 Å². The maximum absolute atomic E-state index is 12.5. The third-order valence-electron chi connectivity index (χ3n) is 3.27. The first-order valence-corrected chi connectivity index (χ1v) is 8.41. The van der Waals surface area contributed by atoms with Gasteiger partial charge < -0.3 is 0 Å². The predicted octanol–water partition coefficient (Wildman–Crippen LogP) is 2.58. The molecule has 2 rings (SSSR count). The summed E-state index contributed by atoms with van der Waals surface area (Å²) in [5.74, 6) is 0.0305. The molecule has 0 spiro atoms. The topological polar surface area (TPSA) is 54.5 Å². The molecule has 1 heterocycles. The lowest BCUT2D eigenvalue weighted by atomic mass is 10.1. The Morgan fingerprint density at radius 1 is 1.37 bits per heavy atom. The van der Waals surface area contributed by atoms with Gasteiger partial charge >= 0.3 is 0 Å². The Morgan fingerprint density at radius 2 is 2.00 bits per heavy atom. The lowest BCUT2D eigenvalue weighted by Gasteiger charge is -2.23. The second-order valence-electron chi connectivity index (χ2n) is 4.77. The molecule has 1 atom stereocenters. The van der Waals surface area contributed by atoms with Crippen LogP contribution in [0.4, 0.5) is 0 Å². The number of rotatable bonds is 4. The van der Waals surface area contributed by atoms with Gasteiger partial charge in [0.15, 0.2) is 0 Å². The van der Waals surface area contributed by atoms with Crippen molar-refractivity contribution in [3.63, 3.8) is 0 Å². The largest absolute Gasteiger partial charge is 0.300 e. The Balaban J connectivity index is 2.28. The molecule has 0 radical (unpaired) electrons. The van der Waals surface area contributed by atoms with Crippen molar-refractivity contribution in [2.75, 3.05) is 6.54 Å². The number of carbonyl (C=O) groups is 1. The third-order valence-corrected chi connectivity index (χ3v) is 5.76. The average Bonchev–Trinajstić information content (AvgIpc) is 2.77. The van der Waals surface area contributed by atoms with Gasteiger partial charge in [-0.25, -0.2) is 8.42 Å². The van der Waals surface area contributed by atoms with E-state index in [2.05, 4.69) is 15.9 Å². The molecule has 0 amide bonds. The lowest BCUT2D eigenvalue weighted by Crippen LogP contribution is -2.36. The van der Waals surface area contributed by atoms with E-state index in [1.54, 1.807) is 24.3 Å². The van der Waals surface area contributed by atoms with Crippen LogP contribution in [0.25, 0.3) is 0 Å². The number of sulfonamides is 1. The zero-order valence-corrected chi connectivity index (χ0v) is 13.1. The van der Waals surface area contributed by atoms with Crippen LogP contribution in [0.1, 0.15) is 26.2 Å². The highest BCUT2D eigenvalue weighted by Crippen LogP contribution is 2.28. The van der Waals surface area contributed by atoms with Crippen molar-refractivity contribution >= 4 is 31.7 Å². The van der Waals surface area contributed by atoms with Crippen LogP contribution in [0.3, 0.4) is 0 Å². The standard InChI is InChI=1S/C13H16BrNO3S/c1-10(16)9-12-3-2-8-15(12)19(17,18)13-6-4-11(14)5-7-13/h4-7,12H,2-3,8-9H2,1H3. The maximum Gasteiger partial charge on any atom is 0.243 e. The highest BCUT2D eigenvalue weighted by molar-refractivity contribution is 9.10. The molecule has 6 heteroatoms. The first kappa shape index (κ1) is 14.7. The van der Waals surface area contributed by atoms with Crippen molar-refractivity contribution in [3.05, 3.63) is 28.7 Å². The highest BCUT2D eigenvalue weighted by atomic mass is 79.9. The van der Waals surface area contributed by atoms with Crippen molar-refractivity contribution in [1.29, 1.82) is 0 Å². The molecule has 19 heavy (non-hydrogen) atoms. The molecular formula is C13H16BrNO3S. The molecule has 4 nitrogen and oxygen atoms in total. The molecule has 0 aliphatic carbocycles. The fraction of sp³-hybridized carbons (Fsp3) is 0.462. The second-order valence-corrected chi connectivity index (χ2v) is 7.58. The Hall–Kier alpha value is -0.720. The number of Topliss-reactive ketones (excluding diaryl/α,β-unsaturated/α-hetero) is 1. The van der Waals surface area contributed by atoms with Crippen molar-refractivity contribution in [2.45, 2.75) is 37.1 Å². The summed E-state index contributed by atoms with van der Waals surface area (Å²) >= 11 is 3.29. The zero-order chi connectivity index (χ0) is 14.0. The Labute approximate surface area is 122 Å². The second kappa shape index (κ2) is 5.73. The van der Waals surface area contributed by atoms with Gasteiger partial charge in [0, 0.05) is 23.5 Å². The minimum Gasteiger partial charge on any atom is -0.300 e. The average molecular weight is 346 g/mol. The van der Waals surface area contributed by atoms with Crippen LogP contribution in [0.15, 0.2) is 33.6 Å². The van der Waals surface area contributed by atoms with E-state index in [0.29, 0.717) is 13.0 Å². The molecule has 1 fully saturated rings. The van der Waals surface area contributed by atoms with Crippen molar-refractivity contribution < 1.29 is 13.2 Å². The van der Waals surface area contributed by atoms with Gasteiger partial charge in [-0.3, -0.25) is 4.79 Å². The molecule has 104 valence electrons. The number of hydrogen-bond donors (Lipinski definition) is 0. The molecule has 1 aromatic carbocycles.